The number of ether oxygens (including phenoxy) is 4. The summed E-state index contributed by atoms with van der Waals surface area (Å²) in [6.07, 6.45) is 54.0. The van der Waals surface area contributed by atoms with Gasteiger partial charge in [-0.15, -0.1) is 0 Å². The molecule has 0 aromatic heterocycles. The Hall–Kier alpha value is -1.94. The van der Waals surface area contributed by atoms with E-state index in [2.05, 4.69) is 48.5 Å². The summed E-state index contributed by atoms with van der Waals surface area (Å²) in [5, 5.41) is 10.6. The van der Waals surface area contributed by atoms with Gasteiger partial charge in [0.2, 0.25) is 0 Å². The molecule has 0 rings (SSSR count). The molecule has 0 amide bonds. The van der Waals surface area contributed by atoms with E-state index >= 15 is 0 Å². The molecule has 0 spiro atoms. The van der Waals surface area contributed by atoms with Gasteiger partial charge >= 0.3 is 39.5 Å². The third-order valence-electron chi connectivity index (χ3n) is 18.2. The fraction of sp³-hybridized carbons (Fsp3) is 0.948. The Morgan fingerprint density at radius 1 is 0.302 bits per heavy atom. The molecular weight excluding hydrogens is 1260 g/mol. The molecular formula is C77H150O17P2. The molecule has 3 N–H and O–H groups in total. The van der Waals surface area contributed by atoms with Crippen LogP contribution in [0.15, 0.2) is 0 Å². The molecule has 3 unspecified atom stereocenters. The minimum Gasteiger partial charge on any atom is -0.462 e. The van der Waals surface area contributed by atoms with Crippen LogP contribution in [0.5, 0.6) is 0 Å². The number of carbonyl (C=O) groups is 4. The van der Waals surface area contributed by atoms with Crippen molar-refractivity contribution in [3.8, 4) is 0 Å². The quantitative estimate of drug-likeness (QED) is 0.0222. The SMILES string of the molecule is CCCCCCCCCCCCC(=O)OC[C@H](COP(=O)(O)OC[C@H](O)COP(=O)(O)OC[C@@H](COC(=O)CCCCCCCCCCCCCCC(C)C)OC(=O)CCCCCCCCCCCCCCCCCCC(C)C)OC(=O)CCCCCCCCCCC(C)CC. The van der Waals surface area contributed by atoms with Crippen molar-refractivity contribution in [2.75, 3.05) is 39.6 Å². The lowest BCUT2D eigenvalue weighted by atomic mass is 9.99. The summed E-state index contributed by atoms with van der Waals surface area (Å²) < 4.78 is 68.5. The summed E-state index contributed by atoms with van der Waals surface area (Å²) in [6, 6.07) is 0. The third-order valence-corrected chi connectivity index (χ3v) is 20.1. The highest BCUT2D eigenvalue weighted by molar-refractivity contribution is 7.47. The normalized spacial score (nSPS) is 14.3. The van der Waals surface area contributed by atoms with Gasteiger partial charge in [-0.05, 0) is 43.4 Å². The summed E-state index contributed by atoms with van der Waals surface area (Å²) in [5.41, 5.74) is 0. The Morgan fingerprint density at radius 2 is 0.531 bits per heavy atom. The Morgan fingerprint density at radius 3 is 0.792 bits per heavy atom. The first-order valence-electron chi connectivity index (χ1n) is 39.9. The molecule has 17 nitrogen and oxygen atoms in total. The lowest BCUT2D eigenvalue weighted by Crippen LogP contribution is -2.30. The first-order chi connectivity index (χ1) is 46.3. The van der Waals surface area contributed by atoms with Crippen LogP contribution in [0.1, 0.15) is 395 Å². The van der Waals surface area contributed by atoms with E-state index in [0.29, 0.717) is 25.7 Å². The minimum absolute atomic E-state index is 0.105. The fourth-order valence-electron chi connectivity index (χ4n) is 11.7. The van der Waals surface area contributed by atoms with Crippen LogP contribution in [0, 0.1) is 17.8 Å². The van der Waals surface area contributed by atoms with Crippen molar-refractivity contribution in [2.24, 2.45) is 17.8 Å². The highest BCUT2D eigenvalue weighted by Crippen LogP contribution is 2.45. The van der Waals surface area contributed by atoms with Gasteiger partial charge in [-0.3, -0.25) is 37.3 Å². The van der Waals surface area contributed by atoms with Crippen LogP contribution >= 0.6 is 15.6 Å². The summed E-state index contributed by atoms with van der Waals surface area (Å²) >= 11 is 0. The Labute approximate surface area is 588 Å². The van der Waals surface area contributed by atoms with Crippen LogP contribution in [0.3, 0.4) is 0 Å². The predicted molar refractivity (Wildman–Crippen MR) is 391 cm³/mol. The molecule has 0 saturated carbocycles. The monoisotopic (exact) mass is 1410 g/mol. The maximum absolute atomic E-state index is 13.1. The molecule has 6 atom stereocenters. The van der Waals surface area contributed by atoms with Crippen molar-refractivity contribution in [1.29, 1.82) is 0 Å². The summed E-state index contributed by atoms with van der Waals surface area (Å²) in [5.74, 6) is 0.243. The van der Waals surface area contributed by atoms with Gasteiger partial charge in [0.1, 0.15) is 19.3 Å². The third kappa shape index (κ3) is 69.2. The lowest BCUT2D eigenvalue weighted by molar-refractivity contribution is -0.161. The van der Waals surface area contributed by atoms with Crippen molar-refractivity contribution in [1.82, 2.24) is 0 Å². The van der Waals surface area contributed by atoms with E-state index in [-0.39, 0.29) is 25.7 Å². The molecule has 0 aliphatic heterocycles. The lowest BCUT2D eigenvalue weighted by Gasteiger charge is -2.21. The van der Waals surface area contributed by atoms with Gasteiger partial charge < -0.3 is 33.8 Å². The van der Waals surface area contributed by atoms with Crippen molar-refractivity contribution in [3.05, 3.63) is 0 Å². The van der Waals surface area contributed by atoms with E-state index in [1.807, 2.05) is 0 Å². The van der Waals surface area contributed by atoms with E-state index in [0.717, 1.165) is 108 Å². The summed E-state index contributed by atoms with van der Waals surface area (Å²) in [7, 11) is -9.91. The van der Waals surface area contributed by atoms with Crippen LogP contribution in [0.4, 0.5) is 0 Å². The number of unbranched alkanes of at least 4 members (excludes halogenated alkanes) is 42. The van der Waals surface area contributed by atoms with Crippen molar-refractivity contribution < 1.29 is 80.2 Å². The maximum atomic E-state index is 13.1. The standard InChI is InChI=1S/C77H150O17P2/c1-8-10-11-12-13-14-29-37-44-51-58-74(79)87-65-73(94-77(82)61-54-47-40-33-32-36-43-50-57-70(7)9-2)67-92-96(85,86)90-63-71(78)62-89-95(83,84)91-66-72(64-88-75(80)59-52-45-38-30-25-22-21-24-28-35-42-49-56-69(5)6)93-76(81)60-53-46-39-31-26-20-18-16-15-17-19-23-27-34-41-48-55-68(3)4/h68-73,78H,8-67H2,1-7H3,(H,83,84)(H,85,86)/t70?,71-,72-,73-/m1/s1. The van der Waals surface area contributed by atoms with Gasteiger partial charge in [-0.1, -0.05) is 344 Å². The van der Waals surface area contributed by atoms with Gasteiger partial charge in [0.15, 0.2) is 12.2 Å². The number of phosphoric ester groups is 2. The summed E-state index contributed by atoms with van der Waals surface area (Å²) in [4.78, 5) is 72.8. The average Bonchev–Trinajstić information content (AvgIpc) is 1.20. The highest BCUT2D eigenvalue weighted by atomic mass is 31.2. The van der Waals surface area contributed by atoms with Crippen LogP contribution in [-0.2, 0) is 65.4 Å². The number of aliphatic hydroxyl groups is 1. The molecule has 96 heavy (non-hydrogen) atoms. The molecule has 0 aliphatic carbocycles. The number of phosphoric acid groups is 2. The van der Waals surface area contributed by atoms with Crippen LogP contribution < -0.4 is 0 Å². The zero-order valence-electron chi connectivity index (χ0n) is 62.8. The molecule has 0 aliphatic rings. The van der Waals surface area contributed by atoms with Crippen LogP contribution in [-0.4, -0.2) is 96.7 Å². The second kappa shape index (κ2) is 67.5. The number of hydrogen-bond donors (Lipinski definition) is 3. The highest BCUT2D eigenvalue weighted by Gasteiger charge is 2.30. The largest absolute Gasteiger partial charge is 0.472 e. The van der Waals surface area contributed by atoms with Gasteiger partial charge in [0.05, 0.1) is 26.4 Å². The first-order valence-corrected chi connectivity index (χ1v) is 42.9. The van der Waals surface area contributed by atoms with Gasteiger partial charge in [0, 0.05) is 25.7 Å². The van der Waals surface area contributed by atoms with Crippen molar-refractivity contribution in [2.45, 2.75) is 414 Å². The number of aliphatic hydroxyl groups excluding tert-OH is 1. The fourth-order valence-corrected chi connectivity index (χ4v) is 13.3. The second-order valence-corrected chi connectivity index (χ2v) is 31.8. The summed E-state index contributed by atoms with van der Waals surface area (Å²) in [6.45, 7) is 11.9. The molecule has 0 heterocycles. The van der Waals surface area contributed by atoms with Crippen molar-refractivity contribution in [3.63, 3.8) is 0 Å². The van der Waals surface area contributed by atoms with E-state index in [1.54, 1.807) is 0 Å². The average molecular weight is 1410 g/mol. The maximum Gasteiger partial charge on any atom is 0.472 e. The van der Waals surface area contributed by atoms with E-state index in [9.17, 15) is 43.2 Å². The predicted octanol–water partition coefficient (Wildman–Crippen LogP) is 22.6. The number of rotatable bonds is 75. The second-order valence-electron chi connectivity index (χ2n) is 28.9. The molecule has 570 valence electrons. The number of esters is 4. The Kier molecular flexibility index (Phi) is 66.2. The van der Waals surface area contributed by atoms with Gasteiger partial charge in [-0.25, -0.2) is 9.13 Å². The van der Waals surface area contributed by atoms with E-state index in [1.165, 1.54) is 205 Å². The van der Waals surface area contributed by atoms with E-state index < -0.39 is 97.5 Å². The Bertz CT molecular complexity index is 1870. The topological polar surface area (TPSA) is 237 Å². The Balaban J connectivity index is 5.24. The van der Waals surface area contributed by atoms with Gasteiger partial charge in [0.25, 0.3) is 0 Å². The van der Waals surface area contributed by atoms with Crippen molar-refractivity contribution >= 4 is 39.5 Å². The molecule has 0 saturated heterocycles. The smallest absolute Gasteiger partial charge is 0.462 e. The minimum atomic E-state index is -4.96. The number of hydrogen-bond acceptors (Lipinski definition) is 15. The molecule has 0 bridgehead atoms. The zero-order valence-corrected chi connectivity index (χ0v) is 64.6. The van der Waals surface area contributed by atoms with Crippen LogP contribution in [0.2, 0.25) is 0 Å². The molecule has 0 fully saturated rings. The molecule has 0 aromatic carbocycles. The number of carbonyl (C=O) groups excluding carboxylic acids is 4. The zero-order chi connectivity index (χ0) is 70.9. The molecule has 0 radical (unpaired) electrons. The molecule has 0 aromatic rings. The van der Waals surface area contributed by atoms with E-state index in [4.69, 9.17) is 37.0 Å². The van der Waals surface area contributed by atoms with Crippen LogP contribution in [0.25, 0.3) is 0 Å². The first kappa shape index (κ1) is 94.1. The van der Waals surface area contributed by atoms with Gasteiger partial charge in [-0.2, -0.15) is 0 Å². The molecule has 19 heteroatoms.